The minimum Gasteiger partial charge on any atom is -0.808 e. The van der Waals surface area contributed by atoms with Crippen molar-refractivity contribution >= 4 is 48.2 Å². The third kappa shape index (κ3) is 13.3. The Labute approximate surface area is 359 Å². The van der Waals surface area contributed by atoms with E-state index in [1.165, 1.54) is 12.1 Å². The number of ether oxygens (including phenoxy) is 1. The van der Waals surface area contributed by atoms with E-state index in [0.29, 0.717) is 23.0 Å². The molecule has 1 fully saturated rings. The molecule has 0 N–H and O–H groups in total. The quantitative estimate of drug-likeness (QED) is 0.139. The van der Waals surface area contributed by atoms with Crippen molar-refractivity contribution in [1.82, 2.24) is 0 Å². The van der Waals surface area contributed by atoms with Crippen LogP contribution in [0, 0.1) is 5.92 Å². The molecular formula is C28H28BrFNa4O7P2S. The van der Waals surface area contributed by atoms with Crippen molar-refractivity contribution in [2.75, 3.05) is 0 Å². The van der Waals surface area contributed by atoms with E-state index < -0.39 is 21.1 Å². The summed E-state index contributed by atoms with van der Waals surface area (Å²) in [6.45, 7) is 1.92. The van der Waals surface area contributed by atoms with Gasteiger partial charge in [-0.25, -0.2) is 4.39 Å². The largest absolute Gasteiger partial charge is 1.00 e. The number of hydrogen-bond acceptors (Lipinski definition) is 8. The Balaban J connectivity index is 0.00000462. The molecule has 0 aliphatic heterocycles. The topological polar surface area (TPSA) is 136 Å². The molecule has 0 amide bonds. The second kappa shape index (κ2) is 21.0. The van der Waals surface area contributed by atoms with Crippen molar-refractivity contribution in [2.24, 2.45) is 5.92 Å². The third-order valence-electron chi connectivity index (χ3n) is 7.05. The SMILES string of the molecule is CC(Oc1ccc(-c2ccc(CSCc3ccc(C(F)P(=O)([O-])[O-])c(Br)c3)cc2)cc1P(=O)([O-])[O-])C1CCCC1.[Na+].[Na+].[Na+].[Na+]. The first-order chi connectivity index (χ1) is 18.8. The molecule has 1 aliphatic carbocycles. The molecule has 3 aromatic rings. The van der Waals surface area contributed by atoms with Gasteiger partial charge in [-0.1, -0.05) is 71.2 Å². The van der Waals surface area contributed by atoms with Gasteiger partial charge in [-0.3, -0.25) is 0 Å². The molecule has 0 bridgehead atoms. The van der Waals surface area contributed by atoms with E-state index >= 15 is 0 Å². The van der Waals surface area contributed by atoms with E-state index in [1.807, 2.05) is 31.2 Å². The fourth-order valence-corrected chi connectivity index (χ4v) is 7.85. The second-order valence-corrected chi connectivity index (χ2v) is 14.8. The molecule has 0 spiro atoms. The van der Waals surface area contributed by atoms with Gasteiger partial charge in [0.15, 0.2) is 5.91 Å². The average Bonchev–Trinajstić information content (AvgIpc) is 3.43. The van der Waals surface area contributed by atoms with E-state index in [1.54, 1.807) is 36.0 Å². The van der Waals surface area contributed by atoms with Crippen LogP contribution in [-0.2, 0) is 20.6 Å². The first kappa shape index (κ1) is 46.5. The predicted molar refractivity (Wildman–Crippen MR) is 152 cm³/mol. The minimum atomic E-state index is -5.39. The molecular weight excluding hydrogens is 733 g/mol. The molecule has 3 aromatic carbocycles. The maximum atomic E-state index is 13.9. The second-order valence-electron chi connectivity index (χ2n) is 9.97. The van der Waals surface area contributed by atoms with Gasteiger partial charge in [-0.15, -0.1) is 0 Å². The van der Waals surface area contributed by atoms with E-state index in [-0.39, 0.29) is 145 Å². The zero-order valence-corrected chi connectivity index (χ0v) is 37.9. The summed E-state index contributed by atoms with van der Waals surface area (Å²) in [5.41, 5.74) is 2.98. The van der Waals surface area contributed by atoms with Crippen LogP contribution in [0.5, 0.6) is 5.75 Å². The molecule has 0 radical (unpaired) electrons. The van der Waals surface area contributed by atoms with Crippen molar-refractivity contribution in [3.63, 3.8) is 0 Å². The van der Waals surface area contributed by atoms with Gasteiger partial charge in [-0.05, 0) is 81.3 Å². The Kier molecular flexibility index (Phi) is 22.2. The Morgan fingerprint density at radius 2 is 1.41 bits per heavy atom. The van der Waals surface area contributed by atoms with E-state index in [2.05, 4.69) is 15.9 Å². The van der Waals surface area contributed by atoms with Crippen LogP contribution < -0.4 is 148 Å². The summed E-state index contributed by atoms with van der Waals surface area (Å²) in [5, 5.41) is -0.334. The van der Waals surface area contributed by atoms with Gasteiger partial charge in [0.1, 0.15) is 5.75 Å². The predicted octanol–water partition coefficient (Wildman–Crippen LogP) is -7.06. The Morgan fingerprint density at radius 3 is 1.95 bits per heavy atom. The molecule has 1 aliphatic rings. The zero-order chi connectivity index (χ0) is 29.1. The Hall–Kier alpha value is 2.52. The summed E-state index contributed by atoms with van der Waals surface area (Å²) < 4.78 is 43.1. The van der Waals surface area contributed by atoms with Crippen LogP contribution in [0.1, 0.15) is 55.2 Å². The van der Waals surface area contributed by atoms with Gasteiger partial charge in [0.25, 0.3) is 0 Å². The summed E-state index contributed by atoms with van der Waals surface area (Å²) in [7, 11) is -10.4. The number of alkyl halides is 1. The average molecular weight is 761 g/mol. The number of rotatable bonds is 11. The summed E-state index contributed by atoms with van der Waals surface area (Å²) in [6, 6.07) is 16.7. The van der Waals surface area contributed by atoms with Gasteiger partial charge in [0.05, 0.1) is 6.10 Å². The first-order valence-corrected chi connectivity index (χ1v) is 17.9. The van der Waals surface area contributed by atoms with Gasteiger partial charge in [-0.2, -0.15) is 11.8 Å². The van der Waals surface area contributed by atoms with Gasteiger partial charge >= 0.3 is 118 Å². The minimum absolute atomic E-state index is 0. The number of benzene rings is 3. The smallest absolute Gasteiger partial charge is 0.808 e. The summed E-state index contributed by atoms with van der Waals surface area (Å²) in [6.07, 6.45) is 4.15. The molecule has 2 unspecified atom stereocenters. The number of halogens is 2. The standard InChI is InChI=1S/C28H32BrFO7P2S.4Na/c1-18(21-4-2-3-5-21)37-26-13-11-23(15-27(26)38(31,32)33)22-9-6-19(7-10-22)16-40-17-20-8-12-24(25(29)14-20)28(30)39(34,35)36;;;;/h6-15,18,21,28H,2-5,16-17H2,1H3,(H2,31,32,33)(H2,34,35,36);;;;/q;4*+1/p-4. The van der Waals surface area contributed by atoms with Crippen LogP contribution in [0.4, 0.5) is 4.39 Å². The van der Waals surface area contributed by atoms with E-state index in [0.717, 1.165) is 42.4 Å². The molecule has 4 rings (SSSR count). The Morgan fingerprint density at radius 1 is 0.864 bits per heavy atom. The molecule has 2 atom stereocenters. The van der Waals surface area contributed by atoms with Crippen LogP contribution in [0.25, 0.3) is 11.1 Å². The normalized spacial score (nSPS) is 14.7. The van der Waals surface area contributed by atoms with Crippen molar-refractivity contribution in [2.45, 2.75) is 56.1 Å². The van der Waals surface area contributed by atoms with Crippen molar-refractivity contribution in [1.29, 1.82) is 0 Å². The van der Waals surface area contributed by atoms with Crippen LogP contribution >= 0.6 is 42.9 Å². The van der Waals surface area contributed by atoms with Crippen LogP contribution in [0.2, 0.25) is 0 Å². The molecule has 0 heterocycles. The van der Waals surface area contributed by atoms with Crippen molar-refractivity contribution in [3.8, 4) is 16.9 Å². The van der Waals surface area contributed by atoms with Crippen LogP contribution in [0.3, 0.4) is 0 Å². The molecule has 16 heteroatoms. The monoisotopic (exact) mass is 760 g/mol. The molecule has 0 saturated heterocycles. The Bertz CT molecular complexity index is 1440. The summed E-state index contributed by atoms with van der Waals surface area (Å²) >= 11 is 4.73. The van der Waals surface area contributed by atoms with Gasteiger partial charge < -0.3 is 33.4 Å². The maximum Gasteiger partial charge on any atom is 1.00 e. The van der Waals surface area contributed by atoms with E-state index in [4.69, 9.17) is 4.74 Å². The van der Waals surface area contributed by atoms with E-state index in [9.17, 15) is 33.1 Å². The maximum absolute atomic E-state index is 13.9. The fourth-order valence-electron chi connectivity index (χ4n) is 4.84. The third-order valence-corrected chi connectivity index (χ3v) is 10.6. The fraction of sp³-hybridized carbons (Fsp3) is 0.357. The van der Waals surface area contributed by atoms with Gasteiger partial charge in [0.2, 0.25) is 0 Å². The van der Waals surface area contributed by atoms with Crippen molar-refractivity contribution in [3.05, 3.63) is 81.8 Å². The molecule has 44 heavy (non-hydrogen) atoms. The molecule has 216 valence electrons. The summed E-state index contributed by atoms with van der Waals surface area (Å²) in [4.78, 5) is 46.1. The molecule has 0 aromatic heterocycles. The number of thioether (sulfide) groups is 1. The van der Waals surface area contributed by atoms with Crippen molar-refractivity contribution < 1.29 is 156 Å². The zero-order valence-electron chi connectivity index (χ0n) is 25.7. The van der Waals surface area contributed by atoms with Crippen LogP contribution in [-0.4, -0.2) is 6.10 Å². The van der Waals surface area contributed by atoms with Gasteiger partial charge in [0, 0.05) is 26.8 Å². The first-order valence-electron chi connectivity index (χ1n) is 12.8. The van der Waals surface area contributed by atoms with Crippen LogP contribution in [0.15, 0.2) is 65.1 Å². The molecule has 1 saturated carbocycles. The number of hydrogen-bond donors (Lipinski definition) is 0. The molecule has 7 nitrogen and oxygen atoms in total. The summed E-state index contributed by atoms with van der Waals surface area (Å²) in [5.74, 6) is -0.939.